The monoisotopic (exact) mass is 419 g/mol. The number of aliphatic hydroxyl groups excluding tert-OH is 1. The number of aliphatic hydroxyl groups is 1. The first kappa shape index (κ1) is 20.3. The smallest absolute Gasteiger partial charge is 0.236 e. The fourth-order valence-corrected chi connectivity index (χ4v) is 4.81. The van der Waals surface area contributed by atoms with E-state index in [-0.39, 0.29) is 30.2 Å². The predicted molar refractivity (Wildman–Crippen MR) is 108 cm³/mol. The minimum absolute atomic E-state index is 0.0737. The highest BCUT2D eigenvalue weighted by Gasteiger charge is 2.38. The van der Waals surface area contributed by atoms with Gasteiger partial charge in [-0.3, -0.25) is 14.6 Å². The number of piperazine rings is 1. The van der Waals surface area contributed by atoms with Crippen molar-refractivity contribution in [3.63, 3.8) is 0 Å². The lowest BCUT2D eigenvalue weighted by atomic mass is 9.87. The van der Waals surface area contributed by atoms with Crippen molar-refractivity contribution in [1.82, 2.24) is 24.3 Å². The summed E-state index contributed by atoms with van der Waals surface area (Å²) in [4.78, 5) is 19.3. The van der Waals surface area contributed by atoms with Crippen LogP contribution in [0.5, 0.6) is 0 Å². The molecule has 2 fully saturated rings. The van der Waals surface area contributed by atoms with E-state index < -0.39 is 0 Å². The number of nitrogens with zero attached hydrogens (tertiary/aromatic N) is 5. The van der Waals surface area contributed by atoms with Crippen molar-refractivity contribution in [3.05, 3.63) is 46.7 Å². The highest BCUT2D eigenvalue weighted by Crippen LogP contribution is 2.39. The van der Waals surface area contributed by atoms with Gasteiger partial charge in [0.2, 0.25) is 5.91 Å². The molecule has 1 aromatic carbocycles. The quantitative estimate of drug-likeness (QED) is 0.753. The maximum Gasteiger partial charge on any atom is 0.236 e. The van der Waals surface area contributed by atoms with Crippen LogP contribution in [0.1, 0.15) is 23.1 Å². The average molecular weight is 420 g/mol. The second kappa shape index (κ2) is 9.25. The van der Waals surface area contributed by atoms with Crippen molar-refractivity contribution in [3.8, 4) is 0 Å². The fourth-order valence-electron chi connectivity index (χ4n) is 4.29. The Morgan fingerprint density at radius 1 is 1.10 bits per heavy atom. The normalized spacial score (nSPS) is 23.6. The van der Waals surface area contributed by atoms with Crippen LogP contribution in [0.15, 0.2) is 29.6 Å². The fraction of sp³-hybridized carbons (Fsp3) is 0.550. The molecule has 156 valence electrons. The first-order chi connectivity index (χ1) is 14.1. The standard InChI is InChI=1S/C20H26FN5O2S/c21-16-3-1-15(2-4-16)17-11-26(12-18(17)19-14-29-23-22-19)20(28)13-25-7-5-24(6-8-25)9-10-27/h1-4,14,17-18,27H,5-13H2/t17-,18+/m0/s1. The van der Waals surface area contributed by atoms with Crippen molar-refractivity contribution < 1.29 is 14.3 Å². The van der Waals surface area contributed by atoms with Crippen molar-refractivity contribution in [1.29, 1.82) is 0 Å². The zero-order chi connectivity index (χ0) is 20.2. The summed E-state index contributed by atoms with van der Waals surface area (Å²) in [5.74, 6) is 0.0275. The van der Waals surface area contributed by atoms with Gasteiger partial charge >= 0.3 is 0 Å². The zero-order valence-corrected chi connectivity index (χ0v) is 17.1. The first-order valence-electron chi connectivity index (χ1n) is 10.00. The Bertz CT molecular complexity index is 796. The number of hydrogen-bond donors (Lipinski definition) is 1. The number of benzene rings is 1. The number of hydrogen-bond acceptors (Lipinski definition) is 7. The number of β-amino-alcohol motifs (C(OH)–C–C–N with tert-alkyl or cyclic N) is 1. The number of aromatic nitrogens is 2. The number of likely N-dealkylation sites (tertiary alicyclic amines) is 1. The van der Waals surface area contributed by atoms with Gasteiger partial charge in [-0.15, -0.1) is 5.10 Å². The number of carbonyl (C=O) groups is 1. The van der Waals surface area contributed by atoms with Gasteiger partial charge in [-0.25, -0.2) is 4.39 Å². The van der Waals surface area contributed by atoms with E-state index in [1.807, 2.05) is 10.3 Å². The lowest BCUT2D eigenvalue weighted by molar-refractivity contribution is -0.131. The lowest BCUT2D eigenvalue weighted by Crippen LogP contribution is -2.50. The Morgan fingerprint density at radius 3 is 2.45 bits per heavy atom. The molecule has 3 heterocycles. The van der Waals surface area contributed by atoms with Crippen LogP contribution < -0.4 is 0 Å². The van der Waals surface area contributed by atoms with Gasteiger partial charge in [0.15, 0.2) is 0 Å². The van der Waals surface area contributed by atoms with Crippen LogP contribution in [0, 0.1) is 5.82 Å². The maximum atomic E-state index is 13.4. The number of halogens is 1. The maximum absolute atomic E-state index is 13.4. The SMILES string of the molecule is O=C(CN1CCN(CCO)CC1)N1C[C@@H](c2ccc(F)cc2)[C@H](c2csnn2)C1. The predicted octanol–water partition coefficient (Wildman–Crippen LogP) is 0.997. The highest BCUT2D eigenvalue weighted by atomic mass is 32.1. The zero-order valence-electron chi connectivity index (χ0n) is 16.3. The molecule has 0 saturated carbocycles. The average Bonchev–Trinajstić information content (AvgIpc) is 3.40. The van der Waals surface area contributed by atoms with Gasteiger partial charge in [0.1, 0.15) is 5.82 Å². The summed E-state index contributed by atoms with van der Waals surface area (Å²) in [5.41, 5.74) is 1.93. The molecule has 1 N–H and O–H groups in total. The van der Waals surface area contributed by atoms with E-state index >= 15 is 0 Å². The summed E-state index contributed by atoms with van der Waals surface area (Å²) >= 11 is 1.31. The molecule has 7 nitrogen and oxygen atoms in total. The van der Waals surface area contributed by atoms with E-state index in [0.717, 1.165) is 37.4 Å². The molecule has 2 aliphatic rings. The summed E-state index contributed by atoms with van der Waals surface area (Å²) in [5, 5.41) is 15.3. The Balaban J connectivity index is 1.42. The highest BCUT2D eigenvalue weighted by molar-refractivity contribution is 7.03. The molecule has 2 saturated heterocycles. The summed E-state index contributed by atoms with van der Waals surface area (Å²) in [6.45, 7) is 5.90. The van der Waals surface area contributed by atoms with E-state index in [4.69, 9.17) is 5.11 Å². The van der Waals surface area contributed by atoms with Gasteiger partial charge in [0.05, 0.1) is 18.8 Å². The van der Waals surface area contributed by atoms with Gasteiger partial charge in [0.25, 0.3) is 0 Å². The Hall–Kier alpha value is -1.94. The molecule has 0 radical (unpaired) electrons. The molecule has 2 aromatic rings. The van der Waals surface area contributed by atoms with E-state index in [1.54, 1.807) is 12.1 Å². The summed E-state index contributed by atoms with van der Waals surface area (Å²) in [7, 11) is 0. The van der Waals surface area contributed by atoms with Crippen LogP contribution in [-0.2, 0) is 4.79 Å². The van der Waals surface area contributed by atoms with Crippen LogP contribution in [0.3, 0.4) is 0 Å². The minimum Gasteiger partial charge on any atom is -0.395 e. The lowest BCUT2D eigenvalue weighted by Gasteiger charge is -2.34. The topological polar surface area (TPSA) is 72.8 Å². The van der Waals surface area contributed by atoms with Crippen molar-refractivity contribution in [2.45, 2.75) is 11.8 Å². The Kier molecular flexibility index (Phi) is 6.49. The van der Waals surface area contributed by atoms with Crippen molar-refractivity contribution in [2.24, 2.45) is 0 Å². The summed E-state index contributed by atoms with van der Waals surface area (Å²) in [6.07, 6.45) is 0. The third-order valence-electron chi connectivity index (χ3n) is 5.97. The van der Waals surface area contributed by atoms with Crippen molar-refractivity contribution in [2.75, 3.05) is 59.0 Å². The molecular formula is C20H26FN5O2S. The molecular weight excluding hydrogens is 393 g/mol. The molecule has 0 bridgehead atoms. The van der Waals surface area contributed by atoms with Crippen LogP contribution in [0.4, 0.5) is 4.39 Å². The Morgan fingerprint density at radius 2 is 1.79 bits per heavy atom. The summed E-state index contributed by atoms with van der Waals surface area (Å²) in [6, 6.07) is 6.56. The van der Waals surface area contributed by atoms with Crippen molar-refractivity contribution >= 4 is 17.4 Å². The molecule has 0 aliphatic carbocycles. The first-order valence-corrected chi connectivity index (χ1v) is 10.8. The molecule has 1 aromatic heterocycles. The van der Waals surface area contributed by atoms with Crippen LogP contribution in [0.2, 0.25) is 0 Å². The van der Waals surface area contributed by atoms with Gasteiger partial charge in [-0.05, 0) is 29.2 Å². The molecule has 2 atom stereocenters. The molecule has 0 unspecified atom stereocenters. The van der Waals surface area contributed by atoms with Crippen LogP contribution in [-0.4, -0.2) is 94.3 Å². The molecule has 29 heavy (non-hydrogen) atoms. The largest absolute Gasteiger partial charge is 0.395 e. The van der Waals surface area contributed by atoms with E-state index in [0.29, 0.717) is 26.2 Å². The van der Waals surface area contributed by atoms with E-state index in [2.05, 4.69) is 19.4 Å². The molecule has 1 amide bonds. The number of carbonyl (C=O) groups excluding carboxylic acids is 1. The van der Waals surface area contributed by atoms with E-state index in [9.17, 15) is 9.18 Å². The van der Waals surface area contributed by atoms with Gasteiger partial charge in [-0.1, -0.05) is 16.6 Å². The van der Waals surface area contributed by atoms with E-state index in [1.165, 1.54) is 23.7 Å². The number of rotatable bonds is 6. The molecule has 0 spiro atoms. The minimum atomic E-state index is -0.258. The Labute approximate surface area is 173 Å². The van der Waals surface area contributed by atoms with Gasteiger partial charge in [-0.2, -0.15) is 0 Å². The third-order valence-corrected chi connectivity index (χ3v) is 6.49. The molecule has 9 heteroatoms. The molecule has 4 rings (SSSR count). The summed E-state index contributed by atoms with van der Waals surface area (Å²) < 4.78 is 17.4. The van der Waals surface area contributed by atoms with Gasteiger partial charge < -0.3 is 10.0 Å². The third kappa shape index (κ3) is 4.80. The second-order valence-electron chi connectivity index (χ2n) is 7.73. The number of amides is 1. The van der Waals surface area contributed by atoms with Crippen LogP contribution >= 0.6 is 11.5 Å². The van der Waals surface area contributed by atoms with Gasteiger partial charge in [0, 0.05) is 63.0 Å². The second-order valence-corrected chi connectivity index (χ2v) is 8.34. The molecule has 2 aliphatic heterocycles. The van der Waals surface area contributed by atoms with Crippen LogP contribution in [0.25, 0.3) is 0 Å².